The maximum absolute atomic E-state index is 3.27. The first-order chi connectivity index (χ1) is 8.56. The van der Waals surface area contributed by atoms with Crippen LogP contribution < -0.4 is 15.1 Å². The van der Waals surface area contributed by atoms with Crippen molar-refractivity contribution in [2.75, 3.05) is 50.4 Å². The summed E-state index contributed by atoms with van der Waals surface area (Å²) in [5, 5.41) is 5.82. The van der Waals surface area contributed by atoms with Gasteiger partial charge in [-0.05, 0) is 18.2 Å². The molecule has 0 heterocycles. The molecule has 2 aromatic rings. The molecule has 0 radical (unpaired) electrons. The third kappa shape index (κ3) is 1.96. The van der Waals surface area contributed by atoms with Crippen LogP contribution in [0.25, 0.3) is 10.8 Å². The Balaban J connectivity index is 2.87. The van der Waals surface area contributed by atoms with Crippen LogP contribution in [0, 0.1) is 0 Å². The highest BCUT2D eigenvalue weighted by Gasteiger charge is 2.11. The molecule has 0 amide bonds. The molecule has 0 aliphatic carbocycles. The fraction of sp³-hybridized carbons (Fsp3) is 0.333. The summed E-state index contributed by atoms with van der Waals surface area (Å²) in [7, 11) is 10.3. The summed E-state index contributed by atoms with van der Waals surface area (Å²) in [6, 6.07) is 10.7. The smallest absolute Gasteiger partial charge is 0.0463 e. The van der Waals surface area contributed by atoms with E-state index in [-0.39, 0.29) is 0 Å². The lowest BCUT2D eigenvalue weighted by Gasteiger charge is -2.23. The Morgan fingerprint density at radius 2 is 1.44 bits per heavy atom. The molecule has 1 N–H and O–H groups in total. The number of rotatable bonds is 3. The van der Waals surface area contributed by atoms with Gasteiger partial charge < -0.3 is 15.1 Å². The minimum Gasteiger partial charge on any atom is -0.388 e. The van der Waals surface area contributed by atoms with E-state index in [0.29, 0.717) is 0 Å². The second-order valence-electron chi connectivity index (χ2n) is 4.87. The van der Waals surface area contributed by atoms with Gasteiger partial charge in [0.25, 0.3) is 0 Å². The fourth-order valence-electron chi connectivity index (χ4n) is 2.33. The van der Waals surface area contributed by atoms with Crippen molar-refractivity contribution < 1.29 is 0 Å². The Labute approximate surface area is 109 Å². The van der Waals surface area contributed by atoms with Crippen molar-refractivity contribution in [3.63, 3.8) is 0 Å². The van der Waals surface area contributed by atoms with Gasteiger partial charge in [-0.1, -0.05) is 12.1 Å². The number of anilines is 3. The Hall–Kier alpha value is -1.90. The first-order valence-electron chi connectivity index (χ1n) is 6.14. The first kappa shape index (κ1) is 12.6. The Kier molecular flexibility index (Phi) is 3.32. The first-order valence-corrected chi connectivity index (χ1v) is 6.14. The zero-order chi connectivity index (χ0) is 13.3. The molecule has 18 heavy (non-hydrogen) atoms. The van der Waals surface area contributed by atoms with Crippen molar-refractivity contribution in [2.45, 2.75) is 0 Å². The zero-order valence-electron chi connectivity index (χ0n) is 11.8. The molecule has 96 valence electrons. The van der Waals surface area contributed by atoms with Gasteiger partial charge in [0.1, 0.15) is 0 Å². The highest BCUT2D eigenvalue weighted by molar-refractivity contribution is 6.09. The van der Waals surface area contributed by atoms with Gasteiger partial charge >= 0.3 is 0 Å². The fourth-order valence-corrected chi connectivity index (χ4v) is 2.33. The molecule has 0 saturated carbocycles. The molecule has 0 atom stereocenters. The van der Waals surface area contributed by atoms with Crippen molar-refractivity contribution >= 4 is 27.8 Å². The van der Waals surface area contributed by atoms with E-state index < -0.39 is 0 Å². The average Bonchev–Trinajstić information content (AvgIpc) is 2.36. The highest BCUT2D eigenvalue weighted by Crippen LogP contribution is 2.37. The van der Waals surface area contributed by atoms with Crippen LogP contribution in [-0.2, 0) is 0 Å². The standard InChI is InChI=1S/C15H21N3/c1-16-12-9-10-14(18(4)5)15-11(12)7-6-8-13(15)17(2)3/h6-10,16H,1-5H3. The van der Waals surface area contributed by atoms with E-state index in [1.165, 1.54) is 27.8 Å². The van der Waals surface area contributed by atoms with Crippen LogP contribution in [0.4, 0.5) is 17.1 Å². The zero-order valence-corrected chi connectivity index (χ0v) is 11.8. The number of nitrogens with zero attached hydrogens (tertiary/aromatic N) is 2. The van der Waals surface area contributed by atoms with E-state index in [2.05, 4.69) is 73.6 Å². The molecule has 0 aromatic heterocycles. The van der Waals surface area contributed by atoms with Gasteiger partial charge in [0.2, 0.25) is 0 Å². The molecule has 0 aliphatic rings. The van der Waals surface area contributed by atoms with Crippen LogP contribution in [0.1, 0.15) is 0 Å². The van der Waals surface area contributed by atoms with Crippen LogP contribution in [0.15, 0.2) is 30.3 Å². The van der Waals surface area contributed by atoms with Crippen molar-refractivity contribution in [3.8, 4) is 0 Å². The van der Waals surface area contributed by atoms with Gasteiger partial charge in [0.15, 0.2) is 0 Å². The van der Waals surface area contributed by atoms with Crippen LogP contribution in [0.5, 0.6) is 0 Å². The van der Waals surface area contributed by atoms with E-state index in [1.54, 1.807) is 0 Å². The molecular weight excluding hydrogens is 222 g/mol. The molecule has 0 spiro atoms. The maximum Gasteiger partial charge on any atom is 0.0463 e. The molecular formula is C15H21N3. The Morgan fingerprint density at radius 1 is 0.833 bits per heavy atom. The lowest BCUT2D eigenvalue weighted by molar-refractivity contribution is 1.12. The van der Waals surface area contributed by atoms with Crippen LogP contribution in [0.3, 0.4) is 0 Å². The van der Waals surface area contributed by atoms with Gasteiger partial charge in [-0.15, -0.1) is 0 Å². The lowest BCUT2D eigenvalue weighted by atomic mass is 10.0. The van der Waals surface area contributed by atoms with Gasteiger partial charge in [0.05, 0.1) is 0 Å². The lowest BCUT2D eigenvalue weighted by Crippen LogP contribution is -2.13. The van der Waals surface area contributed by atoms with Crippen molar-refractivity contribution in [1.29, 1.82) is 0 Å². The molecule has 3 heteroatoms. The maximum atomic E-state index is 3.27. The van der Waals surface area contributed by atoms with Gasteiger partial charge in [0, 0.05) is 63.1 Å². The van der Waals surface area contributed by atoms with E-state index in [9.17, 15) is 0 Å². The van der Waals surface area contributed by atoms with Gasteiger partial charge in [-0.25, -0.2) is 0 Å². The van der Waals surface area contributed by atoms with Crippen molar-refractivity contribution in [3.05, 3.63) is 30.3 Å². The van der Waals surface area contributed by atoms with E-state index >= 15 is 0 Å². The normalized spacial score (nSPS) is 10.5. The van der Waals surface area contributed by atoms with E-state index in [1.807, 2.05) is 7.05 Å². The summed E-state index contributed by atoms with van der Waals surface area (Å²) >= 11 is 0. The molecule has 0 fully saturated rings. The third-order valence-corrected chi connectivity index (χ3v) is 3.23. The van der Waals surface area contributed by atoms with Gasteiger partial charge in [-0.3, -0.25) is 0 Å². The van der Waals surface area contributed by atoms with Crippen LogP contribution >= 0.6 is 0 Å². The number of benzene rings is 2. The minimum absolute atomic E-state index is 1.17. The predicted molar refractivity (Wildman–Crippen MR) is 82.1 cm³/mol. The van der Waals surface area contributed by atoms with Crippen LogP contribution in [-0.4, -0.2) is 35.2 Å². The largest absolute Gasteiger partial charge is 0.388 e. The molecule has 2 rings (SSSR count). The van der Waals surface area contributed by atoms with Crippen LogP contribution in [0.2, 0.25) is 0 Å². The van der Waals surface area contributed by atoms with E-state index in [4.69, 9.17) is 0 Å². The number of hydrogen-bond donors (Lipinski definition) is 1. The average molecular weight is 243 g/mol. The summed E-state index contributed by atoms with van der Waals surface area (Å²) in [4.78, 5) is 4.32. The van der Waals surface area contributed by atoms with Crippen molar-refractivity contribution in [2.24, 2.45) is 0 Å². The summed E-state index contributed by atoms with van der Waals surface area (Å²) < 4.78 is 0. The number of fused-ring (bicyclic) bond motifs is 1. The third-order valence-electron chi connectivity index (χ3n) is 3.23. The number of nitrogens with one attached hydrogen (secondary N) is 1. The Morgan fingerprint density at radius 3 is 2.00 bits per heavy atom. The molecule has 0 unspecified atom stereocenters. The quantitative estimate of drug-likeness (QED) is 0.894. The Bertz CT molecular complexity index is 545. The van der Waals surface area contributed by atoms with Crippen molar-refractivity contribution in [1.82, 2.24) is 0 Å². The predicted octanol–water partition coefficient (Wildman–Crippen LogP) is 3.01. The second-order valence-corrected chi connectivity index (χ2v) is 4.87. The molecule has 2 aromatic carbocycles. The monoisotopic (exact) mass is 243 g/mol. The topological polar surface area (TPSA) is 18.5 Å². The molecule has 3 nitrogen and oxygen atoms in total. The summed E-state index contributed by atoms with van der Waals surface area (Å²) in [6.45, 7) is 0. The molecule has 0 bridgehead atoms. The summed E-state index contributed by atoms with van der Waals surface area (Å²) in [5.74, 6) is 0. The second kappa shape index (κ2) is 4.77. The summed E-state index contributed by atoms with van der Waals surface area (Å²) in [6.07, 6.45) is 0. The SMILES string of the molecule is CNc1ccc(N(C)C)c2c(N(C)C)cccc12. The summed E-state index contributed by atoms with van der Waals surface area (Å²) in [5.41, 5.74) is 3.65. The minimum atomic E-state index is 1.17. The highest BCUT2D eigenvalue weighted by atomic mass is 15.1. The molecule has 0 aliphatic heterocycles. The van der Waals surface area contributed by atoms with Gasteiger partial charge in [-0.2, -0.15) is 0 Å². The van der Waals surface area contributed by atoms with E-state index in [0.717, 1.165) is 0 Å². The molecule has 0 saturated heterocycles. The number of hydrogen-bond acceptors (Lipinski definition) is 3.